The van der Waals surface area contributed by atoms with Crippen LogP contribution in [0.25, 0.3) is 0 Å². The van der Waals surface area contributed by atoms with Gasteiger partial charge in [-0.05, 0) is 31.7 Å². The van der Waals surface area contributed by atoms with Crippen LogP contribution in [-0.4, -0.2) is 25.2 Å². The Labute approximate surface area is 98.9 Å². The Morgan fingerprint density at radius 1 is 1.38 bits per heavy atom. The van der Waals surface area contributed by atoms with Gasteiger partial charge in [0.15, 0.2) is 0 Å². The molecule has 2 atom stereocenters. The summed E-state index contributed by atoms with van der Waals surface area (Å²) >= 11 is 0. The standard InChI is InChI=1S/C13H25NO2/c1-3-5-6-9-16-13(15)12-10-11(4-2)7-8-14-12/h11-12,14H,3-10H2,1-2H3. The predicted octanol–water partition coefficient (Wildman–Crippen LogP) is 2.50. The van der Waals surface area contributed by atoms with Crippen LogP contribution < -0.4 is 5.32 Å². The highest BCUT2D eigenvalue weighted by molar-refractivity contribution is 5.75. The molecule has 0 radical (unpaired) electrons. The molecular weight excluding hydrogens is 202 g/mol. The second-order valence-electron chi connectivity index (χ2n) is 4.68. The van der Waals surface area contributed by atoms with Crippen molar-refractivity contribution in [1.29, 1.82) is 0 Å². The van der Waals surface area contributed by atoms with E-state index < -0.39 is 0 Å². The third-order valence-electron chi connectivity index (χ3n) is 3.37. The summed E-state index contributed by atoms with van der Waals surface area (Å²) in [6, 6.07) is -0.0553. The molecule has 94 valence electrons. The molecule has 1 aliphatic heterocycles. The molecule has 0 saturated carbocycles. The molecular formula is C13H25NO2. The molecule has 1 rings (SSSR count). The summed E-state index contributed by atoms with van der Waals surface area (Å²) in [6.07, 6.45) is 6.60. The summed E-state index contributed by atoms with van der Waals surface area (Å²) in [5.41, 5.74) is 0. The van der Waals surface area contributed by atoms with Gasteiger partial charge < -0.3 is 10.1 Å². The van der Waals surface area contributed by atoms with Crippen molar-refractivity contribution in [2.45, 2.75) is 58.4 Å². The average Bonchev–Trinajstić information content (AvgIpc) is 2.34. The van der Waals surface area contributed by atoms with Crippen molar-refractivity contribution in [1.82, 2.24) is 5.32 Å². The SMILES string of the molecule is CCCCCOC(=O)C1CC(CC)CCN1. The molecule has 0 aromatic carbocycles. The van der Waals surface area contributed by atoms with Gasteiger partial charge in [0, 0.05) is 0 Å². The van der Waals surface area contributed by atoms with Gasteiger partial charge in [0.2, 0.25) is 0 Å². The Kier molecular flexibility index (Phi) is 6.46. The van der Waals surface area contributed by atoms with E-state index in [0.29, 0.717) is 12.5 Å². The Balaban J connectivity index is 2.19. The van der Waals surface area contributed by atoms with E-state index >= 15 is 0 Å². The lowest BCUT2D eigenvalue weighted by Gasteiger charge is -2.28. The molecule has 1 aliphatic rings. The highest BCUT2D eigenvalue weighted by Crippen LogP contribution is 2.19. The Hall–Kier alpha value is -0.570. The van der Waals surface area contributed by atoms with Gasteiger partial charge in [0.25, 0.3) is 0 Å². The molecule has 1 heterocycles. The summed E-state index contributed by atoms with van der Waals surface area (Å²) in [5, 5.41) is 3.25. The monoisotopic (exact) mass is 227 g/mol. The highest BCUT2D eigenvalue weighted by atomic mass is 16.5. The number of carbonyl (C=O) groups is 1. The fourth-order valence-corrected chi connectivity index (χ4v) is 2.17. The van der Waals surface area contributed by atoms with Crippen LogP contribution in [0.5, 0.6) is 0 Å². The van der Waals surface area contributed by atoms with Crippen molar-refractivity contribution in [3.63, 3.8) is 0 Å². The van der Waals surface area contributed by atoms with Crippen molar-refractivity contribution in [2.24, 2.45) is 5.92 Å². The molecule has 0 amide bonds. The molecule has 0 bridgehead atoms. The van der Waals surface area contributed by atoms with Gasteiger partial charge in [-0.25, -0.2) is 0 Å². The number of hydrogen-bond acceptors (Lipinski definition) is 3. The molecule has 1 N–H and O–H groups in total. The third-order valence-corrected chi connectivity index (χ3v) is 3.37. The van der Waals surface area contributed by atoms with E-state index in [-0.39, 0.29) is 12.0 Å². The third kappa shape index (κ3) is 4.52. The van der Waals surface area contributed by atoms with Gasteiger partial charge in [-0.3, -0.25) is 4.79 Å². The molecule has 1 fully saturated rings. The second-order valence-corrected chi connectivity index (χ2v) is 4.68. The topological polar surface area (TPSA) is 38.3 Å². The number of ether oxygens (including phenoxy) is 1. The molecule has 0 aromatic rings. The zero-order valence-electron chi connectivity index (χ0n) is 10.6. The van der Waals surface area contributed by atoms with Crippen molar-refractivity contribution < 1.29 is 9.53 Å². The first-order valence-electron chi connectivity index (χ1n) is 6.68. The predicted molar refractivity (Wildman–Crippen MR) is 65.3 cm³/mol. The fourth-order valence-electron chi connectivity index (χ4n) is 2.17. The van der Waals surface area contributed by atoms with Crippen LogP contribution in [0.1, 0.15) is 52.4 Å². The molecule has 3 heteroatoms. The number of nitrogens with one attached hydrogen (secondary N) is 1. The van der Waals surface area contributed by atoms with E-state index in [0.717, 1.165) is 32.2 Å². The first kappa shape index (κ1) is 13.5. The van der Waals surface area contributed by atoms with Crippen LogP contribution in [0.2, 0.25) is 0 Å². The molecule has 16 heavy (non-hydrogen) atoms. The van der Waals surface area contributed by atoms with Crippen LogP contribution in [0, 0.1) is 5.92 Å². The summed E-state index contributed by atoms with van der Waals surface area (Å²) in [7, 11) is 0. The number of unbranched alkanes of at least 4 members (excludes halogenated alkanes) is 2. The Morgan fingerprint density at radius 2 is 2.19 bits per heavy atom. The Bertz CT molecular complexity index is 206. The van der Waals surface area contributed by atoms with E-state index in [1.54, 1.807) is 0 Å². The van der Waals surface area contributed by atoms with E-state index in [2.05, 4.69) is 19.2 Å². The van der Waals surface area contributed by atoms with Gasteiger partial charge in [-0.2, -0.15) is 0 Å². The minimum Gasteiger partial charge on any atom is -0.465 e. The summed E-state index contributed by atoms with van der Waals surface area (Å²) < 4.78 is 5.27. The molecule has 1 saturated heterocycles. The van der Waals surface area contributed by atoms with Gasteiger partial charge in [0.05, 0.1) is 6.61 Å². The van der Waals surface area contributed by atoms with Crippen molar-refractivity contribution in [3.05, 3.63) is 0 Å². The normalized spacial score (nSPS) is 25.4. The summed E-state index contributed by atoms with van der Waals surface area (Å²) in [5.74, 6) is 0.642. The number of esters is 1. The first-order chi connectivity index (χ1) is 7.77. The van der Waals surface area contributed by atoms with Crippen LogP contribution in [0.3, 0.4) is 0 Å². The smallest absolute Gasteiger partial charge is 0.323 e. The van der Waals surface area contributed by atoms with Crippen molar-refractivity contribution in [3.8, 4) is 0 Å². The lowest BCUT2D eigenvalue weighted by molar-refractivity contribution is -0.147. The van der Waals surface area contributed by atoms with Crippen LogP contribution in [-0.2, 0) is 9.53 Å². The zero-order valence-corrected chi connectivity index (χ0v) is 10.6. The number of rotatable bonds is 6. The van der Waals surface area contributed by atoms with Crippen molar-refractivity contribution in [2.75, 3.05) is 13.2 Å². The second kappa shape index (κ2) is 7.66. The van der Waals surface area contributed by atoms with Crippen molar-refractivity contribution >= 4 is 5.97 Å². The molecule has 0 spiro atoms. The summed E-state index contributed by atoms with van der Waals surface area (Å²) in [4.78, 5) is 11.7. The Morgan fingerprint density at radius 3 is 2.88 bits per heavy atom. The largest absolute Gasteiger partial charge is 0.465 e. The minimum atomic E-state index is -0.0553. The fraction of sp³-hybridized carbons (Fsp3) is 0.923. The minimum absolute atomic E-state index is 0.0470. The first-order valence-corrected chi connectivity index (χ1v) is 6.68. The van der Waals surface area contributed by atoms with E-state index in [1.165, 1.54) is 12.8 Å². The van der Waals surface area contributed by atoms with E-state index in [4.69, 9.17) is 4.74 Å². The van der Waals surface area contributed by atoms with E-state index in [1.807, 2.05) is 0 Å². The maximum absolute atomic E-state index is 11.7. The quantitative estimate of drug-likeness (QED) is 0.559. The van der Waals surface area contributed by atoms with Gasteiger partial charge in [-0.15, -0.1) is 0 Å². The highest BCUT2D eigenvalue weighted by Gasteiger charge is 2.26. The van der Waals surface area contributed by atoms with Crippen LogP contribution in [0.15, 0.2) is 0 Å². The number of hydrogen-bond donors (Lipinski definition) is 1. The summed E-state index contributed by atoms with van der Waals surface area (Å²) in [6.45, 7) is 5.88. The average molecular weight is 227 g/mol. The molecule has 2 unspecified atom stereocenters. The number of carbonyl (C=O) groups excluding carboxylic acids is 1. The molecule has 3 nitrogen and oxygen atoms in total. The van der Waals surface area contributed by atoms with Gasteiger partial charge in [-0.1, -0.05) is 33.1 Å². The van der Waals surface area contributed by atoms with Crippen LogP contribution >= 0.6 is 0 Å². The molecule has 0 aliphatic carbocycles. The lowest BCUT2D eigenvalue weighted by atomic mass is 9.90. The van der Waals surface area contributed by atoms with Gasteiger partial charge in [0.1, 0.15) is 6.04 Å². The van der Waals surface area contributed by atoms with Gasteiger partial charge >= 0.3 is 5.97 Å². The van der Waals surface area contributed by atoms with E-state index in [9.17, 15) is 4.79 Å². The maximum atomic E-state index is 11.7. The zero-order chi connectivity index (χ0) is 11.8. The molecule has 0 aromatic heterocycles. The maximum Gasteiger partial charge on any atom is 0.323 e. The number of piperidine rings is 1. The van der Waals surface area contributed by atoms with Crippen LogP contribution in [0.4, 0.5) is 0 Å². The lowest BCUT2D eigenvalue weighted by Crippen LogP contribution is -2.44.